The zero-order valence-corrected chi connectivity index (χ0v) is 16.0. The molecule has 1 aliphatic rings. The molecule has 3 rings (SSSR count). The second-order valence-electron chi connectivity index (χ2n) is 6.00. The Morgan fingerprint density at radius 1 is 1.44 bits per heavy atom. The summed E-state index contributed by atoms with van der Waals surface area (Å²) < 4.78 is 0. The van der Waals surface area contributed by atoms with Gasteiger partial charge in [-0.15, -0.1) is 11.3 Å². The first-order chi connectivity index (χ1) is 12.1. The molecule has 134 valence electrons. The summed E-state index contributed by atoms with van der Waals surface area (Å²) >= 11 is 2.83. The van der Waals surface area contributed by atoms with Crippen LogP contribution < -0.4 is 10.6 Å². The summed E-state index contributed by atoms with van der Waals surface area (Å²) in [6.45, 7) is 5.92. The van der Waals surface area contributed by atoms with Crippen LogP contribution >= 0.6 is 22.7 Å². The van der Waals surface area contributed by atoms with Crippen molar-refractivity contribution in [2.75, 3.05) is 25.0 Å². The molecule has 2 aromatic rings. The number of hydrogen-bond acceptors (Lipinski definition) is 6. The Kier molecular flexibility index (Phi) is 5.70. The molecular formula is C17H22N4O2S2. The molecule has 0 spiro atoms. The summed E-state index contributed by atoms with van der Waals surface area (Å²) in [5.41, 5.74) is 0.737. The summed E-state index contributed by atoms with van der Waals surface area (Å²) in [6.07, 6.45) is 1.78. The number of likely N-dealkylation sites (tertiary alicyclic amines) is 1. The van der Waals surface area contributed by atoms with Crippen LogP contribution in [0.5, 0.6) is 0 Å². The van der Waals surface area contributed by atoms with Gasteiger partial charge in [0.15, 0.2) is 5.13 Å². The number of hydrogen-bond donors (Lipinski definition) is 2. The first-order valence-corrected chi connectivity index (χ1v) is 10.1. The summed E-state index contributed by atoms with van der Waals surface area (Å²) in [5, 5.41) is 8.89. The van der Waals surface area contributed by atoms with Gasteiger partial charge in [-0.05, 0) is 38.1 Å². The predicted octanol–water partition coefficient (Wildman–Crippen LogP) is 2.98. The Hall–Kier alpha value is -1.93. The van der Waals surface area contributed by atoms with Crippen LogP contribution in [0.4, 0.5) is 5.13 Å². The second-order valence-corrected chi connectivity index (χ2v) is 7.95. The zero-order chi connectivity index (χ0) is 17.8. The van der Waals surface area contributed by atoms with Gasteiger partial charge in [0, 0.05) is 25.7 Å². The fourth-order valence-corrected chi connectivity index (χ4v) is 4.55. The Balaban J connectivity index is 1.62. The minimum atomic E-state index is -0.102. The van der Waals surface area contributed by atoms with Crippen molar-refractivity contribution in [3.8, 4) is 0 Å². The molecule has 3 heterocycles. The van der Waals surface area contributed by atoms with E-state index < -0.39 is 0 Å². The van der Waals surface area contributed by atoms with Gasteiger partial charge in [0.25, 0.3) is 11.8 Å². The molecule has 0 radical (unpaired) electrons. The molecule has 2 aromatic heterocycles. The van der Waals surface area contributed by atoms with E-state index in [1.54, 1.807) is 0 Å². The molecular weight excluding hydrogens is 356 g/mol. The van der Waals surface area contributed by atoms with Crippen molar-refractivity contribution in [2.24, 2.45) is 0 Å². The lowest BCUT2D eigenvalue weighted by Gasteiger charge is -2.32. The molecule has 0 bridgehead atoms. The van der Waals surface area contributed by atoms with Gasteiger partial charge in [-0.1, -0.05) is 17.4 Å². The van der Waals surface area contributed by atoms with Gasteiger partial charge < -0.3 is 15.5 Å². The van der Waals surface area contributed by atoms with Gasteiger partial charge in [-0.25, -0.2) is 4.98 Å². The quantitative estimate of drug-likeness (QED) is 0.839. The third-order valence-electron chi connectivity index (χ3n) is 4.11. The van der Waals surface area contributed by atoms with Gasteiger partial charge in [-0.2, -0.15) is 0 Å². The highest BCUT2D eigenvalue weighted by atomic mass is 32.1. The van der Waals surface area contributed by atoms with E-state index in [0.717, 1.165) is 41.6 Å². The van der Waals surface area contributed by atoms with Crippen LogP contribution in [0, 0.1) is 6.92 Å². The first-order valence-electron chi connectivity index (χ1n) is 8.43. The van der Waals surface area contributed by atoms with E-state index in [9.17, 15) is 9.59 Å². The van der Waals surface area contributed by atoms with Crippen molar-refractivity contribution in [2.45, 2.75) is 32.7 Å². The van der Waals surface area contributed by atoms with E-state index in [-0.39, 0.29) is 17.9 Å². The number of piperidine rings is 1. The standard InChI is InChI=1S/C17H22N4O2S2/c1-3-18-17-19-11(2)14(25-17)15(22)20-12-6-4-8-21(10-12)16(23)13-7-5-9-24-13/h5,7,9,12H,3-4,6,8,10H2,1-2H3,(H,18,19)(H,20,22). The molecule has 1 atom stereocenters. The largest absolute Gasteiger partial charge is 0.362 e. The van der Waals surface area contributed by atoms with Crippen molar-refractivity contribution in [1.82, 2.24) is 15.2 Å². The molecule has 0 saturated carbocycles. The minimum Gasteiger partial charge on any atom is -0.362 e. The lowest BCUT2D eigenvalue weighted by Crippen LogP contribution is -2.49. The molecule has 0 aromatic carbocycles. The van der Waals surface area contributed by atoms with Gasteiger partial charge >= 0.3 is 0 Å². The third-order valence-corrected chi connectivity index (χ3v) is 6.08. The summed E-state index contributed by atoms with van der Waals surface area (Å²) in [5.74, 6) is -0.0491. The van der Waals surface area contributed by atoms with Crippen molar-refractivity contribution < 1.29 is 9.59 Å². The molecule has 1 saturated heterocycles. The fourth-order valence-electron chi connectivity index (χ4n) is 2.92. The number of anilines is 1. The highest BCUT2D eigenvalue weighted by Gasteiger charge is 2.27. The minimum absolute atomic E-state index is 0.0192. The number of aromatic nitrogens is 1. The molecule has 1 aliphatic heterocycles. The number of thiazole rings is 1. The van der Waals surface area contributed by atoms with Crippen LogP contribution in [0.3, 0.4) is 0 Å². The number of nitrogens with zero attached hydrogens (tertiary/aromatic N) is 2. The lowest BCUT2D eigenvalue weighted by molar-refractivity contribution is 0.0680. The smallest absolute Gasteiger partial charge is 0.263 e. The van der Waals surface area contributed by atoms with E-state index in [1.807, 2.05) is 36.3 Å². The van der Waals surface area contributed by atoms with Crippen LogP contribution in [0.25, 0.3) is 0 Å². The number of nitrogens with one attached hydrogen (secondary N) is 2. The first kappa shape index (κ1) is 17.9. The van der Waals surface area contributed by atoms with Crippen LogP contribution in [-0.4, -0.2) is 47.4 Å². The van der Waals surface area contributed by atoms with E-state index in [2.05, 4.69) is 15.6 Å². The highest BCUT2D eigenvalue weighted by Crippen LogP contribution is 2.23. The number of aryl methyl sites for hydroxylation is 1. The van der Waals surface area contributed by atoms with Crippen LogP contribution in [-0.2, 0) is 0 Å². The third kappa shape index (κ3) is 4.19. The van der Waals surface area contributed by atoms with Crippen molar-refractivity contribution in [3.05, 3.63) is 33.0 Å². The van der Waals surface area contributed by atoms with Gasteiger partial charge in [-0.3, -0.25) is 9.59 Å². The average Bonchev–Trinajstić information content (AvgIpc) is 3.24. The predicted molar refractivity (Wildman–Crippen MR) is 102 cm³/mol. The number of carbonyl (C=O) groups is 2. The maximum atomic E-state index is 12.6. The van der Waals surface area contributed by atoms with E-state index in [1.165, 1.54) is 22.7 Å². The molecule has 2 N–H and O–H groups in total. The molecule has 0 aliphatic carbocycles. The van der Waals surface area contributed by atoms with Crippen LogP contribution in [0.2, 0.25) is 0 Å². The van der Waals surface area contributed by atoms with Crippen LogP contribution in [0.1, 0.15) is 44.8 Å². The number of carbonyl (C=O) groups excluding carboxylic acids is 2. The second kappa shape index (κ2) is 7.97. The normalized spacial score (nSPS) is 17.4. The number of amides is 2. The molecule has 1 unspecified atom stereocenters. The summed E-state index contributed by atoms with van der Waals surface area (Å²) in [7, 11) is 0. The zero-order valence-electron chi connectivity index (χ0n) is 14.4. The Labute approximate surface area is 155 Å². The van der Waals surface area contributed by atoms with E-state index >= 15 is 0 Å². The van der Waals surface area contributed by atoms with Crippen molar-refractivity contribution in [3.63, 3.8) is 0 Å². The molecule has 2 amide bonds. The maximum Gasteiger partial charge on any atom is 0.263 e. The topological polar surface area (TPSA) is 74.3 Å². The highest BCUT2D eigenvalue weighted by molar-refractivity contribution is 7.17. The molecule has 25 heavy (non-hydrogen) atoms. The lowest BCUT2D eigenvalue weighted by atomic mass is 10.1. The van der Waals surface area contributed by atoms with Crippen LogP contribution in [0.15, 0.2) is 17.5 Å². The Morgan fingerprint density at radius 3 is 3.00 bits per heavy atom. The number of thiophene rings is 1. The summed E-state index contributed by atoms with van der Waals surface area (Å²) in [4.78, 5) is 32.7. The van der Waals surface area contributed by atoms with Gasteiger partial charge in [0.05, 0.1) is 10.6 Å². The molecule has 1 fully saturated rings. The van der Waals surface area contributed by atoms with Gasteiger partial charge in [0.2, 0.25) is 0 Å². The SMILES string of the molecule is CCNc1nc(C)c(C(=O)NC2CCCN(C(=O)c3cccs3)C2)s1. The van der Waals surface area contributed by atoms with E-state index in [4.69, 9.17) is 0 Å². The average molecular weight is 379 g/mol. The fraction of sp³-hybridized carbons (Fsp3) is 0.471. The Bertz CT molecular complexity index is 742. The maximum absolute atomic E-state index is 12.6. The summed E-state index contributed by atoms with van der Waals surface area (Å²) in [6, 6.07) is 3.71. The van der Waals surface area contributed by atoms with E-state index in [0.29, 0.717) is 11.4 Å². The van der Waals surface area contributed by atoms with Crippen molar-refractivity contribution >= 4 is 39.6 Å². The van der Waals surface area contributed by atoms with Gasteiger partial charge in [0.1, 0.15) is 4.88 Å². The Morgan fingerprint density at radius 2 is 2.28 bits per heavy atom. The number of rotatable bonds is 5. The van der Waals surface area contributed by atoms with Crippen molar-refractivity contribution in [1.29, 1.82) is 0 Å². The molecule has 8 heteroatoms. The monoisotopic (exact) mass is 378 g/mol. The molecule has 6 nitrogen and oxygen atoms in total.